The second kappa shape index (κ2) is 5.90. The summed E-state index contributed by atoms with van der Waals surface area (Å²) in [5.41, 5.74) is 12.8. The van der Waals surface area contributed by atoms with E-state index in [0.29, 0.717) is 6.61 Å². The van der Waals surface area contributed by atoms with Crippen molar-refractivity contribution in [2.75, 3.05) is 6.61 Å². The van der Waals surface area contributed by atoms with Crippen molar-refractivity contribution in [3.63, 3.8) is 0 Å². The summed E-state index contributed by atoms with van der Waals surface area (Å²) in [5.74, 6) is 0.940. The third-order valence-corrected chi connectivity index (χ3v) is 4.17. The molecule has 0 spiro atoms. The summed E-state index contributed by atoms with van der Waals surface area (Å²) in [6.07, 6.45) is 3.65. The average molecular weight is 281 g/mol. The number of ether oxygens (including phenoxy) is 1. The van der Waals surface area contributed by atoms with E-state index in [1.54, 1.807) is 0 Å². The molecule has 3 rings (SSSR count). The maximum absolute atomic E-state index is 6.27. The third kappa shape index (κ3) is 3.27. The second-order valence-electron chi connectivity index (χ2n) is 6.12. The molecule has 0 fully saturated rings. The lowest BCUT2D eigenvalue weighted by Gasteiger charge is -2.15. The van der Waals surface area contributed by atoms with E-state index in [2.05, 4.69) is 50.2 Å². The topological polar surface area (TPSA) is 35.2 Å². The largest absolute Gasteiger partial charge is 0.492 e. The molecule has 0 aliphatic heterocycles. The fraction of sp³-hybridized carbons (Fsp3) is 0.368. The Morgan fingerprint density at radius 2 is 1.71 bits per heavy atom. The summed E-state index contributed by atoms with van der Waals surface area (Å²) in [7, 11) is 0. The van der Waals surface area contributed by atoms with Crippen molar-refractivity contribution in [2.24, 2.45) is 5.73 Å². The van der Waals surface area contributed by atoms with Gasteiger partial charge in [-0.25, -0.2) is 0 Å². The van der Waals surface area contributed by atoms with Crippen molar-refractivity contribution in [3.05, 3.63) is 64.2 Å². The SMILES string of the molecule is Cc1cc(C)cc(C(N)COc2ccc3c(c2)CCC3)c1. The van der Waals surface area contributed by atoms with E-state index >= 15 is 0 Å². The van der Waals surface area contributed by atoms with Gasteiger partial charge in [0.25, 0.3) is 0 Å². The molecule has 2 aromatic rings. The van der Waals surface area contributed by atoms with Crippen LogP contribution in [0.1, 0.15) is 40.3 Å². The van der Waals surface area contributed by atoms with Crippen LogP contribution in [0, 0.1) is 13.8 Å². The Balaban J connectivity index is 1.66. The van der Waals surface area contributed by atoms with Crippen molar-refractivity contribution in [1.82, 2.24) is 0 Å². The number of fused-ring (bicyclic) bond motifs is 1. The number of rotatable bonds is 4. The van der Waals surface area contributed by atoms with Crippen LogP contribution in [-0.4, -0.2) is 6.61 Å². The van der Waals surface area contributed by atoms with E-state index in [-0.39, 0.29) is 6.04 Å². The van der Waals surface area contributed by atoms with Crippen LogP contribution in [-0.2, 0) is 12.8 Å². The van der Waals surface area contributed by atoms with Gasteiger partial charge in [-0.3, -0.25) is 0 Å². The average Bonchev–Trinajstić information content (AvgIpc) is 2.91. The van der Waals surface area contributed by atoms with Crippen LogP contribution >= 0.6 is 0 Å². The predicted molar refractivity (Wildman–Crippen MR) is 86.8 cm³/mol. The minimum absolute atomic E-state index is 0.0862. The van der Waals surface area contributed by atoms with Gasteiger partial charge >= 0.3 is 0 Å². The van der Waals surface area contributed by atoms with Crippen LogP contribution < -0.4 is 10.5 Å². The third-order valence-electron chi connectivity index (χ3n) is 4.17. The normalized spacial score (nSPS) is 14.8. The first-order chi connectivity index (χ1) is 10.1. The van der Waals surface area contributed by atoms with Gasteiger partial charge in [0.2, 0.25) is 0 Å². The predicted octanol–water partition coefficient (Wildman–Crippen LogP) is 3.87. The standard InChI is InChI=1S/C19H23NO/c1-13-8-14(2)10-17(9-13)19(20)12-21-18-7-6-15-4-3-5-16(15)11-18/h6-11,19H,3-5,12,20H2,1-2H3. The molecule has 0 amide bonds. The van der Waals surface area contributed by atoms with Gasteiger partial charge in [0.15, 0.2) is 0 Å². The molecule has 2 aromatic carbocycles. The number of hydrogen-bond donors (Lipinski definition) is 1. The molecule has 1 aliphatic rings. The van der Waals surface area contributed by atoms with Crippen molar-refractivity contribution < 1.29 is 4.74 Å². The Labute approximate surface area is 126 Å². The highest BCUT2D eigenvalue weighted by molar-refractivity contribution is 5.38. The van der Waals surface area contributed by atoms with Gasteiger partial charge in [0, 0.05) is 0 Å². The van der Waals surface area contributed by atoms with Gasteiger partial charge in [-0.05, 0) is 61.9 Å². The molecule has 110 valence electrons. The summed E-state index contributed by atoms with van der Waals surface area (Å²) in [4.78, 5) is 0. The first-order valence-corrected chi connectivity index (χ1v) is 7.70. The Kier molecular flexibility index (Phi) is 3.98. The summed E-state index contributed by atoms with van der Waals surface area (Å²) in [6.45, 7) is 4.72. The van der Waals surface area contributed by atoms with E-state index in [1.807, 2.05) is 0 Å². The minimum atomic E-state index is -0.0862. The molecule has 21 heavy (non-hydrogen) atoms. The van der Waals surface area contributed by atoms with Crippen LogP contribution in [0.25, 0.3) is 0 Å². The van der Waals surface area contributed by atoms with Gasteiger partial charge < -0.3 is 10.5 Å². The molecule has 0 radical (unpaired) electrons. The monoisotopic (exact) mass is 281 g/mol. The quantitative estimate of drug-likeness (QED) is 0.923. The molecule has 0 saturated heterocycles. The zero-order chi connectivity index (χ0) is 14.8. The number of aryl methyl sites for hydroxylation is 4. The molecule has 2 N–H and O–H groups in total. The molecule has 0 heterocycles. The fourth-order valence-electron chi connectivity index (χ4n) is 3.14. The number of hydrogen-bond acceptors (Lipinski definition) is 2. The number of nitrogens with two attached hydrogens (primary N) is 1. The molecular weight excluding hydrogens is 258 g/mol. The fourth-order valence-corrected chi connectivity index (χ4v) is 3.14. The molecule has 0 bridgehead atoms. The molecule has 1 unspecified atom stereocenters. The molecule has 1 aliphatic carbocycles. The molecular formula is C19H23NO. The van der Waals surface area contributed by atoms with E-state index in [0.717, 1.165) is 11.3 Å². The van der Waals surface area contributed by atoms with Crippen molar-refractivity contribution in [1.29, 1.82) is 0 Å². The van der Waals surface area contributed by atoms with E-state index in [4.69, 9.17) is 10.5 Å². The first-order valence-electron chi connectivity index (χ1n) is 7.70. The van der Waals surface area contributed by atoms with Crippen LogP contribution in [0.4, 0.5) is 0 Å². The lowest BCUT2D eigenvalue weighted by molar-refractivity contribution is 0.290. The Hall–Kier alpha value is -1.80. The van der Waals surface area contributed by atoms with Crippen LogP contribution in [0.3, 0.4) is 0 Å². The van der Waals surface area contributed by atoms with Crippen molar-refractivity contribution >= 4 is 0 Å². The van der Waals surface area contributed by atoms with Gasteiger partial charge in [-0.1, -0.05) is 35.4 Å². The van der Waals surface area contributed by atoms with Crippen LogP contribution in [0.2, 0.25) is 0 Å². The Morgan fingerprint density at radius 3 is 2.48 bits per heavy atom. The van der Waals surface area contributed by atoms with Crippen LogP contribution in [0.5, 0.6) is 5.75 Å². The van der Waals surface area contributed by atoms with Gasteiger partial charge in [-0.15, -0.1) is 0 Å². The first kappa shape index (κ1) is 14.2. The van der Waals surface area contributed by atoms with E-state index in [1.165, 1.54) is 41.5 Å². The Bertz CT molecular complexity index is 628. The maximum atomic E-state index is 6.27. The lowest BCUT2D eigenvalue weighted by atomic mass is 10.0. The van der Waals surface area contributed by atoms with Gasteiger partial charge in [-0.2, -0.15) is 0 Å². The summed E-state index contributed by atoms with van der Waals surface area (Å²) < 4.78 is 5.90. The lowest BCUT2D eigenvalue weighted by Crippen LogP contribution is -2.19. The highest BCUT2D eigenvalue weighted by atomic mass is 16.5. The summed E-state index contributed by atoms with van der Waals surface area (Å²) >= 11 is 0. The summed E-state index contributed by atoms with van der Waals surface area (Å²) in [6, 6.07) is 12.8. The zero-order valence-corrected chi connectivity index (χ0v) is 12.9. The highest BCUT2D eigenvalue weighted by Gasteiger charge is 2.12. The molecule has 0 aromatic heterocycles. The van der Waals surface area contributed by atoms with Crippen LogP contribution in [0.15, 0.2) is 36.4 Å². The van der Waals surface area contributed by atoms with E-state index < -0.39 is 0 Å². The zero-order valence-electron chi connectivity index (χ0n) is 12.9. The minimum Gasteiger partial charge on any atom is -0.492 e. The highest BCUT2D eigenvalue weighted by Crippen LogP contribution is 2.26. The molecule has 1 atom stereocenters. The van der Waals surface area contributed by atoms with Crippen molar-refractivity contribution in [2.45, 2.75) is 39.2 Å². The second-order valence-corrected chi connectivity index (χ2v) is 6.12. The van der Waals surface area contributed by atoms with Gasteiger partial charge in [0.05, 0.1) is 6.04 Å². The van der Waals surface area contributed by atoms with E-state index in [9.17, 15) is 0 Å². The smallest absolute Gasteiger partial charge is 0.119 e. The maximum Gasteiger partial charge on any atom is 0.119 e. The molecule has 0 saturated carbocycles. The molecule has 2 nitrogen and oxygen atoms in total. The molecule has 2 heteroatoms. The Morgan fingerprint density at radius 1 is 1.00 bits per heavy atom. The van der Waals surface area contributed by atoms with Gasteiger partial charge in [0.1, 0.15) is 12.4 Å². The van der Waals surface area contributed by atoms with Crippen molar-refractivity contribution in [3.8, 4) is 5.75 Å². The number of benzene rings is 2. The summed E-state index contributed by atoms with van der Waals surface area (Å²) in [5, 5.41) is 0.